The smallest absolute Gasteiger partial charge is 0.412 e. The van der Waals surface area contributed by atoms with Crippen LogP contribution in [-0.2, 0) is 20.7 Å². The van der Waals surface area contributed by atoms with Crippen LogP contribution in [0, 0.1) is 0 Å². The summed E-state index contributed by atoms with van der Waals surface area (Å²) in [5, 5.41) is 2.26. The van der Waals surface area contributed by atoms with Gasteiger partial charge in [0.15, 0.2) is 5.56 Å². The molecule has 0 aliphatic carbocycles. The maximum atomic E-state index is 13.3. The van der Waals surface area contributed by atoms with Gasteiger partial charge in [-0.3, -0.25) is 9.69 Å². The van der Waals surface area contributed by atoms with E-state index in [0.717, 1.165) is 40.6 Å². The zero-order valence-electron chi connectivity index (χ0n) is 21.0. The minimum Gasteiger partial charge on any atom is -0.466 e. The molecule has 0 radical (unpaired) electrons. The van der Waals surface area contributed by atoms with Gasteiger partial charge in [-0.25, -0.2) is 4.79 Å². The van der Waals surface area contributed by atoms with Gasteiger partial charge >= 0.3 is 12.1 Å². The Morgan fingerprint density at radius 2 is 1.78 bits per heavy atom. The van der Waals surface area contributed by atoms with Crippen molar-refractivity contribution in [3.8, 4) is 0 Å². The molecule has 1 aliphatic heterocycles. The molecule has 4 rings (SSSR count). The normalized spacial score (nSPS) is 17.0. The molecule has 36 heavy (non-hydrogen) atoms. The zero-order chi connectivity index (χ0) is 25.7. The largest absolute Gasteiger partial charge is 0.466 e. The first-order chi connectivity index (χ1) is 17.4. The van der Waals surface area contributed by atoms with Crippen LogP contribution in [0.25, 0.3) is 10.8 Å². The molecule has 3 aromatic rings. The Labute approximate surface area is 217 Å². The molecule has 1 heterocycles. The Bertz CT molecular complexity index is 1190. The monoisotopic (exact) mass is 508 g/mol. The van der Waals surface area contributed by atoms with Crippen LogP contribution >= 0.6 is 11.6 Å². The number of nitrogens with zero attached hydrogens (tertiary/aromatic N) is 2. The average molecular weight is 509 g/mol. The molecular formula is C29H33ClN2O4. The molecule has 0 aromatic heterocycles. The summed E-state index contributed by atoms with van der Waals surface area (Å²) in [4.78, 5) is 29.2. The van der Waals surface area contributed by atoms with Crippen molar-refractivity contribution in [1.82, 2.24) is 4.90 Å². The summed E-state index contributed by atoms with van der Waals surface area (Å²) in [6.45, 7) is 7.37. The van der Waals surface area contributed by atoms with Crippen molar-refractivity contribution in [2.24, 2.45) is 0 Å². The van der Waals surface area contributed by atoms with Gasteiger partial charge in [-0.15, -0.1) is 0 Å². The van der Waals surface area contributed by atoms with Crippen LogP contribution in [0.3, 0.4) is 0 Å². The SMILES string of the molecule is CCOC(=O)Cc1ccc(N2CC[C@H](N(C(=O)OC(C)Cl)[C@H](C)c3cccc4ccccc34)C2)cc1. The van der Waals surface area contributed by atoms with Crippen molar-refractivity contribution in [2.45, 2.75) is 51.3 Å². The Morgan fingerprint density at radius 1 is 1.06 bits per heavy atom. The highest BCUT2D eigenvalue weighted by Gasteiger charge is 2.36. The van der Waals surface area contributed by atoms with Gasteiger partial charge in [-0.05, 0) is 61.2 Å². The van der Waals surface area contributed by atoms with Crippen molar-refractivity contribution in [3.63, 3.8) is 0 Å². The van der Waals surface area contributed by atoms with E-state index in [4.69, 9.17) is 21.1 Å². The Balaban J connectivity index is 1.54. The third-order valence-electron chi connectivity index (χ3n) is 6.68. The molecule has 0 saturated carbocycles. The minimum atomic E-state index is -0.718. The van der Waals surface area contributed by atoms with Gasteiger partial charge in [-0.2, -0.15) is 0 Å². The number of benzene rings is 3. The maximum absolute atomic E-state index is 13.3. The summed E-state index contributed by atoms with van der Waals surface area (Å²) in [6.07, 6.45) is 0.663. The Kier molecular flexibility index (Phi) is 8.36. The zero-order valence-corrected chi connectivity index (χ0v) is 21.8. The molecular weight excluding hydrogens is 476 g/mol. The summed E-state index contributed by atoms with van der Waals surface area (Å²) in [6, 6.07) is 22.1. The van der Waals surface area contributed by atoms with Crippen LogP contribution in [0.1, 0.15) is 44.4 Å². The predicted octanol–water partition coefficient (Wildman–Crippen LogP) is 6.31. The lowest BCUT2D eigenvalue weighted by Gasteiger charge is -2.35. The van der Waals surface area contributed by atoms with E-state index in [0.29, 0.717) is 13.2 Å². The number of carbonyl (C=O) groups excluding carboxylic acids is 2. The van der Waals surface area contributed by atoms with E-state index in [1.807, 2.05) is 47.4 Å². The third kappa shape index (κ3) is 5.93. The average Bonchev–Trinajstić information content (AvgIpc) is 3.33. The fourth-order valence-electron chi connectivity index (χ4n) is 4.99. The number of hydrogen-bond acceptors (Lipinski definition) is 5. The number of halogens is 1. The number of ether oxygens (including phenoxy) is 2. The second-order valence-corrected chi connectivity index (χ2v) is 9.73. The predicted molar refractivity (Wildman–Crippen MR) is 143 cm³/mol. The van der Waals surface area contributed by atoms with Crippen molar-refractivity contribution >= 4 is 40.1 Å². The van der Waals surface area contributed by atoms with Gasteiger partial charge in [0.2, 0.25) is 0 Å². The van der Waals surface area contributed by atoms with Gasteiger partial charge in [0.1, 0.15) is 0 Å². The van der Waals surface area contributed by atoms with Gasteiger partial charge in [0.05, 0.1) is 25.1 Å². The summed E-state index contributed by atoms with van der Waals surface area (Å²) in [5.74, 6) is -0.225. The number of fused-ring (bicyclic) bond motifs is 1. The van der Waals surface area contributed by atoms with Crippen molar-refractivity contribution in [1.29, 1.82) is 0 Å². The molecule has 6 nitrogen and oxygen atoms in total. The standard InChI is InChI=1S/C29H33ClN2O4/c1-4-35-28(33)18-22-12-14-24(15-13-22)31-17-16-25(19-31)32(29(34)36-21(3)30)20(2)26-11-7-9-23-8-5-6-10-27(23)26/h5-15,20-21,25H,4,16-19H2,1-3H3/t20-,21?,25+/m1/s1. The molecule has 190 valence electrons. The van der Waals surface area contributed by atoms with Crippen molar-refractivity contribution < 1.29 is 19.1 Å². The Morgan fingerprint density at radius 3 is 2.50 bits per heavy atom. The van der Waals surface area contributed by atoms with Crippen molar-refractivity contribution in [2.75, 3.05) is 24.6 Å². The number of esters is 1. The maximum Gasteiger partial charge on any atom is 0.412 e. The van der Waals surface area contributed by atoms with Crippen LogP contribution < -0.4 is 4.90 Å². The van der Waals surface area contributed by atoms with Crippen LogP contribution in [-0.4, -0.2) is 48.3 Å². The quantitative estimate of drug-likeness (QED) is 0.263. The Hall–Kier alpha value is -3.25. The number of alkyl halides is 1. The van der Waals surface area contributed by atoms with E-state index in [-0.39, 0.29) is 24.5 Å². The molecule has 0 N–H and O–H groups in total. The lowest BCUT2D eigenvalue weighted by molar-refractivity contribution is -0.142. The molecule has 1 saturated heterocycles. The molecule has 3 atom stereocenters. The third-order valence-corrected chi connectivity index (χ3v) is 6.77. The number of rotatable bonds is 8. The first-order valence-electron chi connectivity index (χ1n) is 12.5. The van der Waals surface area contributed by atoms with E-state index >= 15 is 0 Å². The second-order valence-electron chi connectivity index (χ2n) is 9.12. The molecule has 3 aromatic carbocycles. The minimum absolute atomic E-state index is 0.0407. The van der Waals surface area contributed by atoms with Gasteiger partial charge in [0, 0.05) is 18.8 Å². The first kappa shape index (κ1) is 25.8. The number of amides is 1. The molecule has 1 amide bonds. The van der Waals surface area contributed by atoms with E-state index < -0.39 is 11.7 Å². The molecule has 7 heteroatoms. The fraction of sp³-hybridized carbons (Fsp3) is 0.379. The first-order valence-corrected chi connectivity index (χ1v) is 12.9. The highest BCUT2D eigenvalue weighted by Crippen LogP contribution is 2.33. The number of hydrogen-bond donors (Lipinski definition) is 0. The lowest BCUT2D eigenvalue weighted by Crippen LogP contribution is -2.44. The van der Waals surface area contributed by atoms with Crippen LogP contribution in [0.2, 0.25) is 0 Å². The van der Waals surface area contributed by atoms with Crippen LogP contribution in [0.5, 0.6) is 0 Å². The van der Waals surface area contributed by atoms with Crippen LogP contribution in [0.15, 0.2) is 66.7 Å². The molecule has 1 fully saturated rings. The van der Waals surface area contributed by atoms with Crippen molar-refractivity contribution in [3.05, 3.63) is 77.9 Å². The molecule has 1 aliphatic rings. The van der Waals surface area contributed by atoms with Gasteiger partial charge < -0.3 is 14.4 Å². The van der Waals surface area contributed by atoms with E-state index in [1.165, 1.54) is 0 Å². The van der Waals surface area contributed by atoms with Crippen LogP contribution in [0.4, 0.5) is 10.5 Å². The molecule has 0 bridgehead atoms. The van der Waals surface area contributed by atoms with Gasteiger partial charge in [-0.1, -0.05) is 66.2 Å². The highest BCUT2D eigenvalue weighted by atomic mass is 35.5. The molecule has 1 unspecified atom stereocenters. The highest BCUT2D eigenvalue weighted by molar-refractivity contribution is 6.19. The number of anilines is 1. The van der Waals surface area contributed by atoms with E-state index in [1.54, 1.807) is 13.8 Å². The summed E-state index contributed by atoms with van der Waals surface area (Å²) in [7, 11) is 0. The van der Waals surface area contributed by atoms with E-state index in [9.17, 15) is 9.59 Å². The second kappa shape index (κ2) is 11.7. The number of carbonyl (C=O) groups is 2. The van der Waals surface area contributed by atoms with Gasteiger partial charge in [0.25, 0.3) is 0 Å². The van der Waals surface area contributed by atoms with E-state index in [2.05, 4.69) is 36.1 Å². The summed E-state index contributed by atoms with van der Waals surface area (Å²) < 4.78 is 10.5. The topological polar surface area (TPSA) is 59.1 Å². The summed E-state index contributed by atoms with van der Waals surface area (Å²) >= 11 is 6.05. The molecule has 0 spiro atoms. The lowest BCUT2D eigenvalue weighted by atomic mass is 9.97. The summed E-state index contributed by atoms with van der Waals surface area (Å²) in [5.41, 5.74) is 2.33. The fourth-order valence-corrected chi connectivity index (χ4v) is 5.07.